The molecular weight excluding hydrogens is 518 g/mol. The van der Waals surface area contributed by atoms with Gasteiger partial charge in [-0.15, -0.1) is 5.10 Å². The standard InChI is InChI=1S/C31H31N7O3/c39-31-25(14-23-15-27-28(41-20-40-27)16-26(23)33-31)29(30-34-35-36-38(30)24-11-5-2-6-12-24)37(18-21-8-3-1-4-9-21)19-22-10-7-13-32-17-22/h1,3-4,7-10,13-17,24,29H,2,5-6,11-12,18-20H2,(H,33,39)/t29-/m1/s1. The molecule has 0 unspecified atom stereocenters. The van der Waals surface area contributed by atoms with E-state index in [9.17, 15) is 4.79 Å². The fraction of sp³-hybridized carbons (Fsp3) is 0.323. The molecule has 0 spiro atoms. The van der Waals surface area contributed by atoms with Crippen LogP contribution in [0.25, 0.3) is 10.9 Å². The number of tetrazole rings is 1. The first-order chi connectivity index (χ1) is 20.2. The molecular formula is C31H31N7O3. The molecule has 4 heterocycles. The minimum atomic E-state index is -0.522. The van der Waals surface area contributed by atoms with Gasteiger partial charge in [0, 0.05) is 42.5 Å². The molecule has 0 saturated heterocycles. The van der Waals surface area contributed by atoms with Crippen LogP contribution in [-0.2, 0) is 13.1 Å². The SMILES string of the molecule is O=c1[nH]c2cc3c(cc2cc1[C@H](c1nnnn1C1CCCCC1)N(Cc1ccccc1)Cc1cccnc1)OCO3. The normalized spacial score (nSPS) is 15.9. The Balaban J connectivity index is 1.40. The Kier molecular flexibility index (Phi) is 6.90. The molecule has 3 aromatic heterocycles. The summed E-state index contributed by atoms with van der Waals surface area (Å²) >= 11 is 0. The molecule has 2 aromatic carbocycles. The van der Waals surface area contributed by atoms with Crippen LogP contribution >= 0.6 is 0 Å². The van der Waals surface area contributed by atoms with Gasteiger partial charge >= 0.3 is 0 Å². The maximum absolute atomic E-state index is 13.9. The lowest BCUT2D eigenvalue weighted by atomic mass is 9.95. The van der Waals surface area contributed by atoms with Crippen LogP contribution in [-0.4, -0.2) is 41.9 Å². The fourth-order valence-electron chi connectivity index (χ4n) is 6.06. The van der Waals surface area contributed by atoms with E-state index in [-0.39, 0.29) is 18.4 Å². The van der Waals surface area contributed by atoms with E-state index in [1.54, 1.807) is 6.20 Å². The first-order valence-corrected chi connectivity index (χ1v) is 14.1. The minimum Gasteiger partial charge on any atom is -0.454 e. The second kappa shape index (κ2) is 11.1. The first kappa shape index (κ1) is 25.4. The molecule has 1 fully saturated rings. The Morgan fingerprint density at radius 3 is 2.54 bits per heavy atom. The highest BCUT2D eigenvalue weighted by Gasteiger charge is 2.33. The van der Waals surface area contributed by atoms with Crippen LogP contribution < -0.4 is 15.0 Å². The highest BCUT2D eigenvalue weighted by atomic mass is 16.7. The van der Waals surface area contributed by atoms with Crippen molar-refractivity contribution in [3.8, 4) is 11.5 Å². The van der Waals surface area contributed by atoms with Gasteiger partial charge in [-0.25, -0.2) is 4.68 Å². The molecule has 208 valence electrons. The topological polar surface area (TPSA) is 111 Å². The van der Waals surface area contributed by atoms with Crippen molar-refractivity contribution >= 4 is 10.9 Å². The molecule has 10 nitrogen and oxygen atoms in total. The van der Waals surface area contributed by atoms with E-state index in [1.165, 1.54) is 6.42 Å². The quantitative estimate of drug-likeness (QED) is 0.290. The molecule has 5 aromatic rings. The van der Waals surface area contributed by atoms with E-state index in [2.05, 4.69) is 48.6 Å². The Labute approximate surface area is 236 Å². The van der Waals surface area contributed by atoms with E-state index in [0.717, 1.165) is 42.2 Å². The van der Waals surface area contributed by atoms with E-state index in [4.69, 9.17) is 9.47 Å². The summed E-state index contributed by atoms with van der Waals surface area (Å²) in [6.45, 7) is 1.29. The molecule has 7 rings (SSSR count). The van der Waals surface area contributed by atoms with Crippen LogP contribution in [0.15, 0.2) is 77.9 Å². The molecule has 0 radical (unpaired) electrons. The molecule has 1 aliphatic carbocycles. The first-order valence-electron chi connectivity index (χ1n) is 14.1. The zero-order chi connectivity index (χ0) is 27.6. The number of fused-ring (bicyclic) bond motifs is 2. The van der Waals surface area contributed by atoms with Crippen LogP contribution in [0.2, 0.25) is 0 Å². The highest BCUT2D eigenvalue weighted by molar-refractivity contribution is 5.83. The summed E-state index contributed by atoms with van der Waals surface area (Å²) in [5, 5.41) is 14.1. The summed E-state index contributed by atoms with van der Waals surface area (Å²) in [6, 6.07) is 19.6. The molecule has 2 aliphatic rings. The number of nitrogens with one attached hydrogen (secondary N) is 1. The Hall–Kier alpha value is -4.57. The maximum atomic E-state index is 13.9. The number of nitrogens with zero attached hydrogens (tertiary/aromatic N) is 6. The average Bonchev–Trinajstić information content (AvgIpc) is 3.68. The molecule has 0 amide bonds. The van der Waals surface area contributed by atoms with Crippen molar-refractivity contribution < 1.29 is 9.47 Å². The lowest BCUT2D eigenvalue weighted by Gasteiger charge is -2.32. The van der Waals surface area contributed by atoms with Gasteiger partial charge in [0.15, 0.2) is 17.3 Å². The summed E-state index contributed by atoms with van der Waals surface area (Å²) < 4.78 is 13.2. The highest BCUT2D eigenvalue weighted by Crippen LogP contribution is 2.38. The number of hydrogen-bond acceptors (Lipinski definition) is 8. The number of rotatable bonds is 8. The van der Waals surface area contributed by atoms with E-state index < -0.39 is 6.04 Å². The number of ether oxygens (including phenoxy) is 2. The average molecular weight is 550 g/mol. The zero-order valence-corrected chi connectivity index (χ0v) is 22.6. The largest absolute Gasteiger partial charge is 0.454 e. The number of benzene rings is 2. The molecule has 1 saturated carbocycles. The number of aromatic amines is 1. The van der Waals surface area contributed by atoms with Gasteiger partial charge < -0.3 is 14.5 Å². The number of pyridine rings is 2. The van der Waals surface area contributed by atoms with Gasteiger partial charge in [0.1, 0.15) is 6.04 Å². The third-order valence-corrected chi connectivity index (χ3v) is 8.05. The number of aromatic nitrogens is 6. The smallest absolute Gasteiger partial charge is 0.253 e. The van der Waals surface area contributed by atoms with E-state index >= 15 is 0 Å². The van der Waals surface area contributed by atoms with Gasteiger partial charge in [0.2, 0.25) is 6.79 Å². The lowest BCUT2D eigenvalue weighted by molar-refractivity contribution is 0.174. The molecule has 41 heavy (non-hydrogen) atoms. The van der Waals surface area contributed by atoms with Gasteiger partial charge in [-0.2, -0.15) is 0 Å². The van der Waals surface area contributed by atoms with E-state index in [1.807, 2.05) is 53.3 Å². The second-order valence-corrected chi connectivity index (χ2v) is 10.8. The van der Waals surface area contributed by atoms with Crippen LogP contribution in [0.4, 0.5) is 0 Å². The van der Waals surface area contributed by atoms with Gasteiger partial charge in [-0.1, -0.05) is 55.7 Å². The predicted octanol–water partition coefficient (Wildman–Crippen LogP) is 4.94. The van der Waals surface area contributed by atoms with E-state index in [0.29, 0.717) is 41.5 Å². The Morgan fingerprint density at radius 2 is 1.73 bits per heavy atom. The molecule has 10 heteroatoms. The lowest BCUT2D eigenvalue weighted by Crippen LogP contribution is -2.35. The Morgan fingerprint density at radius 1 is 0.951 bits per heavy atom. The third-order valence-electron chi connectivity index (χ3n) is 8.05. The van der Waals surface area contributed by atoms with Crippen LogP contribution in [0.5, 0.6) is 11.5 Å². The second-order valence-electron chi connectivity index (χ2n) is 10.8. The van der Waals surface area contributed by atoms with Gasteiger partial charge in [0.05, 0.1) is 11.6 Å². The molecule has 1 N–H and O–H groups in total. The fourth-order valence-corrected chi connectivity index (χ4v) is 6.06. The summed E-state index contributed by atoms with van der Waals surface area (Å²) in [5.74, 6) is 1.96. The summed E-state index contributed by atoms with van der Waals surface area (Å²) in [5.41, 5.74) is 3.23. The van der Waals surface area contributed by atoms with Crippen LogP contribution in [0, 0.1) is 0 Å². The van der Waals surface area contributed by atoms with Gasteiger partial charge in [-0.3, -0.25) is 14.7 Å². The summed E-state index contributed by atoms with van der Waals surface area (Å²) in [7, 11) is 0. The minimum absolute atomic E-state index is 0.164. The van der Waals surface area contributed by atoms with Crippen molar-refractivity contribution in [1.29, 1.82) is 0 Å². The summed E-state index contributed by atoms with van der Waals surface area (Å²) in [4.78, 5) is 23.6. The zero-order valence-electron chi connectivity index (χ0n) is 22.6. The Bertz CT molecular complexity index is 1660. The van der Waals surface area contributed by atoms with Crippen molar-refractivity contribution in [3.63, 3.8) is 0 Å². The van der Waals surface area contributed by atoms with Crippen LogP contribution in [0.1, 0.15) is 66.7 Å². The van der Waals surface area contributed by atoms with Crippen molar-refractivity contribution in [2.24, 2.45) is 0 Å². The number of hydrogen-bond donors (Lipinski definition) is 1. The van der Waals surface area contributed by atoms with Crippen molar-refractivity contribution in [3.05, 3.63) is 106 Å². The van der Waals surface area contributed by atoms with Crippen molar-refractivity contribution in [1.82, 2.24) is 35.1 Å². The molecule has 0 bridgehead atoms. The monoisotopic (exact) mass is 549 g/mol. The van der Waals surface area contributed by atoms with Crippen molar-refractivity contribution in [2.45, 2.75) is 57.3 Å². The van der Waals surface area contributed by atoms with Crippen molar-refractivity contribution in [2.75, 3.05) is 6.79 Å². The predicted molar refractivity (Wildman–Crippen MR) is 152 cm³/mol. The summed E-state index contributed by atoms with van der Waals surface area (Å²) in [6.07, 6.45) is 9.17. The van der Waals surface area contributed by atoms with Crippen LogP contribution in [0.3, 0.4) is 0 Å². The van der Waals surface area contributed by atoms with Gasteiger partial charge in [-0.05, 0) is 52.6 Å². The molecule has 1 atom stereocenters. The third kappa shape index (κ3) is 5.18. The number of H-pyrrole nitrogens is 1. The van der Waals surface area contributed by atoms with Gasteiger partial charge in [0.25, 0.3) is 5.56 Å². The molecule has 1 aliphatic heterocycles. The maximum Gasteiger partial charge on any atom is 0.253 e.